The standard InChI is InChI=1S/C17H23N5O.ClH/c1-3-13-5-4-6-14(11-13)19-17(23)16-12(2)22(21-20-16)15-7-9-18-10-8-15;/h4-6,11,15,18H,3,7-10H2,1-2H3,(H,19,23);1H. The van der Waals surface area contributed by atoms with Crippen molar-refractivity contribution in [3.05, 3.63) is 41.2 Å². The summed E-state index contributed by atoms with van der Waals surface area (Å²) < 4.78 is 1.90. The number of benzene rings is 1. The van der Waals surface area contributed by atoms with E-state index in [4.69, 9.17) is 0 Å². The second kappa shape index (κ2) is 8.26. The van der Waals surface area contributed by atoms with Crippen LogP contribution in [0, 0.1) is 6.92 Å². The lowest BCUT2D eigenvalue weighted by molar-refractivity contribution is 0.102. The fourth-order valence-corrected chi connectivity index (χ4v) is 3.01. The number of aromatic nitrogens is 3. The zero-order valence-corrected chi connectivity index (χ0v) is 14.9. The van der Waals surface area contributed by atoms with E-state index >= 15 is 0 Å². The van der Waals surface area contributed by atoms with E-state index in [2.05, 4.69) is 27.9 Å². The van der Waals surface area contributed by atoms with E-state index < -0.39 is 0 Å². The molecule has 0 atom stereocenters. The van der Waals surface area contributed by atoms with Gasteiger partial charge in [-0.15, -0.1) is 17.5 Å². The molecular formula is C17H24ClN5O. The van der Waals surface area contributed by atoms with Gasteiger partial charge in [0.05, 0.1) is 11.7 Å². The lowest BCUT2D eigenvalue weighted by Gasteiger charge is -2.23. The lowest BCUT2D eigenvalue weighted by Crippen LogP contribution is -2.30. The van der Waals surface area contributed by atoms with Gasteiger partial charge in [-0.2, -0.15) is 0 Å². The molecule has 1 aliphatic heterocycles. The first kappa shape index (κ1) is 18.4. The number of carbonyl (C=O) groups excluding carboxylic acids is 1. The van der Waals surface area contributed by atoms with Crippen molar-refractivity contribution in [1.82, 2.24) is 20.3 Å². The lowest BCUT2D eigenvalue weighted by atomic mass is 10.1. The molecule has 1 aromatic heterocycles. The zero-order valence-electron chi connectivity index (χ0n) is 14.1. The Morgan fingerprint density at radius 2 is 2.12 bits per heavy atom. The molecule has 0 radical (unpaired) electrons. The fraction of sp³-hybridized carbons (Fsp3) is 0.471. The van der Waals surface area contributed by atoms with Crippen molar-refractivity contribution in [2.75, 3.05) is 18.4 Å². The third kappa shape index (κ3) is 3.94. The molecule has 0 spiro atoms. The maximum absolute atomic E-state index is 12.5. The minimum absolute atomic E-state index is 0. The second-order valence-electron chi connectivity index (χ2n) is 5.96. The molecule has 1 fully saturated rings. The van der Waals surface area contributed by atoms with Gasteiger partial charge < -0.3 is 10.6 Å². The number of hydrogen-bond donors (Lipinski definition) is 2. The molecule has 2 aromatic rings. The van der Waals surface area contributed by atoms with Crippen LogP contribution >= 0.6 is 12.4 Å². The number of nitrogens with zero attached hydrogens (tertiary/aromatic N) is 3. The average Bonchev–Trinajstić information content (AvgIpc) is 2.97. The Hall–Kier alpha value is -1.92. The summed E-state index contributed by atoms with van der Waals surface area (Å²) in [6.07, 6.45) is 2.97. The number of aryl methyl sites for hydroxylation is 1. The van der Waals surface area contributed by atoms with Crippen molar-refractivity contribution in [2.45, 2.75) is 39.2 Å². The zero-order chi connectivity index (χ0) is 16.2. The second-order valence-corrected chi connectivity index (χ2v) is 5.96. The highest BCUT2D eigenvalue weighted by molar-refractivity contribution is 6.03. The summed E-state index contributed by atoms with van der Waals surface area (Å²) >= 11 is 0. The molecule has 0 unspecified atom stereocenters. The molecule has 24 heavy (non-hydrogen) atoms. The van der Waals surface area contributed by atoms with Crippen LogP contribution in [0.25, 0.3) is 0 Å². The van der Waals surface area contributed by atoms with Gasteiger partial charge in [0.2, 0.25) is 0 Å². The molecule has 3 rings (SSSR count). The molecule has 0 bridgehead atoms. The Morgan fingerprint density at radius 3 is 2.83 bits per heavy atom. The SMILES string of the molecule is CCc1cccc(NC(=O)c2nnn(C3CCNCC3)c2C)c1.Cl. The predicted octanol–water partition coefficient (Wildman–Crippen LogP) is 2.75. The molecule has 1 amide bonds. The van der Waals surface area contributed by atoms with Crippen molar-refractivity contribution in [1.29, 1.82) is 0 Å². The van der Waals surface area contributed by atoms with Crippen LogP contribution in [-0.4, -0.2) is 34.0 Å². The van der Waals surface area contributed by atoms with E-state index in [1.807, 2.05) is 35.9 Å². The molecule has 0 aliphatic carbocycles. The topological polar surface area (TPSA) is 71.8 Å². The highest BCUT2D eigenvalue weighted by atomic mass is 35.5. The molecule has 0 saturated carbocycles. The van der Waals surface area contributed by atoms with Crippen molar-refractivity contribution in [3.63, 3.8) is 0 Å². The van der Waals surface area contributed by atoms with Crippen LogP contribution in [-0.2, 0) is 6.42 Å². The molecule has 1 saturated heterocycles. The number of nitrogens with one attached hydrogen (secondary N) is 2. The molecule has 130 valence electrons. The van der Waals surface area contributed by atoms with Crippen molar-refractivity contribution in [3.8, 4) is 0 Å². The molecule has 2 heterocycles. The fourth-order valence-electron chi connectivity index (χ4n) is 3.01. The van der Waals surface area contributed by atoms with Gasteiger partial charge in [0, 0.05) is 5.69 Å². The Labute approximate surface area is 148 Å². The minimum atomic E-state index is -0.198. The van der Waals surface area contributed by atoms with Crippen molar-refractivity contribution >= 4 is 24.0 Å². The van der Waals surface area contributed by atoms with E-state index in [1.54, 1.807) is 0 Å². The predicted molar refractivity (Wildman–Crippen MR) is 96.9 cm³/mol. The number of hydrogen-bond acceptors (Lipinski definition) is 4. The van der Waals surface area contributed by atoms with E-state index in [1.165, 1.54) is 5.56 Å². The van der Waals surface area contributed by atoms with Crippen LogP contribution in [0.4, 0.5) is 5.69 Å². The molecule has 2 N–H and O–H groups in total. The first-order valence-corrected chi connectivity index (χ1v) is 8.22. The first-order valence-electron chi connectivity index (χ1n) is 8.22. The van der Waals surface area contributed by atoms with E-state index in [0.717, 1.165) is 43.7 Å². The number of amides is 1. The summed E-state index contributed by atoms with van der Waals surface area (Å²) in [5, 5.41) is 14.6. The average molecular weight is 350 g/mol. The number of halogens is 1. The van der Waals surface area contributed by atoms with Crippen LogP contribution in [0.15, 0.2) is 24.3 Å². The first-order chi connectivity index (χ1) is 11.2. The largest absolute Gasteiger partial charge is 0.321 e. The summed E-state index contributed by atoms with van der Waals surface area (Å²) in [5.74, 6) is -0.198. The Kier molecular flexibility index (Phi) is 6.34. The molecule has 1 aliphatic rings. The minimum Gasteiger partial charge on any atom is -0.321 e. The summed E-state index contributed by atoms with van der Waals surface area (Å²) in [7, 11) is 0. The van der Waals surface area contributed by atoms with Gasteiger partial charge in [-0.1, -0.05) is 24.3 Å². The van der Waals surface area contributed by atoms with Gasteiger partial charge in [-0.25, -0.2) is 4.68 Å². The van der Waals surface area contributed by atoms with Crippen LogP contribution in [0.5, 0.6) is 0 Å². The smallest absolute Gasteiger partial charge is 0.278 e. The van der Waals surface area contributed by atoms with Crippen molar-refractivity contribution in [2.24, 2.45) is 0 Å². The van der Waals surface area contributed by atoms with Gasteiger partial charge in [0.1, 0.15) is 0 Å². The number of piperidine rings is 1. The van der Waals surface area contributed by atoms with Crippen LogP contribution in [0.1, 0.15) is 47.6 Å². The summed E-state index contributed by atoms with van der Waals surface area (Å²) in [6.45, 7) is 5.97. The Morgan fingerprint density at radius 1 is 1.38 bits per heavy atom. The highest BCUT2D eigenvalue weighted by Crippen LogP contribution is 2.21. The van der Waals surface area contributed by atoms with Crippen LogP contribution < -0.4 is 10.6 Å². The molecular weight excluding hydrogens is 326 g/mol. The third-order valence-electron chi connectivity index (χ3n) is 4.39. The number of anilines is 1. The Balaban J connectivity index is 0.00000208. The molecule has 7 heteroatoms. The van der Waals surface area contributed by atoms with Gasteiger partial charge in [0.25, 0.3) is 5.91 Å². The summed E-state index contributed by atoms with van der Waals surface area (Å²) in [4.78, 5) is 12.5. The van der Waals surface area contributed by atoms with E-state index in [9.17, 15) is 4.79 Å². The van der Waals surface area contributed by atoms with E-state index in [0.29, 0.717) is 11.7 Å². The molecule has 1 aromatic carbocycles. The maximum atomic E-state index is 12.5. The Bertz CT molecular complexity index is 694. The van der Waals surface area contributed by atoms with Crippen molar-refractivity contribution < 1.29 is 4.79 Å². The van der Waals surface area contributed by atoms with Gasteiger partial charge in [0.15, 0.2) is 5.69 Å². The summed E-state index contributed by atoms with van der Waals surface area (Å²) in [6, 6.07) is 8.21. The van der Waals surface area contributed by atoms with Crippen LogP contribution in [0.2, 0.25) is 0 Å². The van der Waals surface area contributed by atoms with E-state index in [-0.39, 0.29) is 18.3 Å². The van der Waals surface area contributed by atoms with Crippen LogP contribution in [0.3, 0.4) is 0 Å². The third-order valence-corrected chi connectivity index (χ3v) is 4.39. The van der Waals surface area contributed by atoms with Gasteiger partial charge in [-0.05, 0) is 57.0 Å². The monoisotopic (exact) mass is 349 g/mol. The van der Waals surface area contributed by atoms with Gasteiger partial charge in [-0.3, -0.25) is 4.79 Å². The number of rotatable bonds is 4. The molecule has 6 nitrogen and oxygen atoms in total. The van der Waals surface area contributed by atoms with Gasteiger partial charge >= 0.3 is 0 Å². The quantitative estimate of drug-likeness (QED) is 0.890. The summed E-state index contributed by atoms with van der Waals surface area (Å²) in [5.41, 5.74) is 3.23. The normalized spacial score (nSPS) is 14.9. The number of carbonyl (C=O) groups is 1. The maximum Gasteiger partial charge on any atom is 0.278 e. The highest BCUT2D eigenvalue weighted by Gasteiger charge is 2.22.